The first-order chi connectivity index (χ1) is 7.67. The zero-order chi connectivity index (χ0) is 11.2. The van der Waals surface area contributed by atoms with Crippen molar-refractivity contribution in [3.05, 3.63) is 29.0 Å². The lowest BCUT2D eigenvalue weighted by Crippen LogP contribution is -2.62. The second-order valence-corrected chi connectivity index (χ2v) is 5.40. The first kappa shape index (κ1) is 10.5. The zero-order valence-corrected chi connectivity index (χ0v) is 9.82. The van der Waals surface area contributed by atoms with Crippen LogP contribution < -0.4 is 0 Å². The van der Waals surface area contributed by atoms with Gasteiger partial charge in [-0.15, -0.1) is 0 Å². The van der Waals surface area contributed by atoms with E-state index < -0.39 is 5.60 Å². The van der Waals surface area contributed by atoms with Crippen LogP contribution in [-0.2, 0) is 6.54 Å². The van der Waals surface area contributed by atoms with Gasteiger partial charge >= 0.3 is 0 Å². The summed E-state index contributed by atoms with van der Waals surface area (Å²) in [4.78, 5) is 6.20. The summed E-state index contributed by atoms with van der Waals surface area (Å²) in [6.45, 7) is 2.39. The van der Waals surface area contributed by atoms with Crippen LogP contribution in [0.15, 0.2) is 18.5 Å². The van der Waals surface area contributed by atoms with E-state index in [4.69, 9.17) is 11.6 Å². The Hall–Kier alpha value is -0.640. The maximum atomic E-state index is 10.2. The summed E-state index contributed by atoms with van der Waals surface area (Å²) in [5.41, 5.74) is 0.689. The van der Waals surface area contributed by atoms with Crippen molar-refractivity contribution in [2.45, 2.75) is 25.0 Å². The maximum absolute atomic E-state index is 10.2. The van der Waals surface area contributed by atoms with Crippen molar-refractivity contribution in [3.8, 4) is 0 Å². The van der Waals surface area contributed by atoms with E-state index >= 15 is 0 Å². The Bertz CT molecular complexity index is 400. The van der Waals surface area contributed by atoms with E-state index in [-0.39, 0.29) is 0 Å². The van der Waals surface area contributed by atoms with Crippen molar-refractivity contribution in [1.82, 2.24) is 9.88 Å². The Morgan fingerprint density at radius 1 is 1.50 bits per heavy atom. The average molecular weight is 239 g/mol. The topological polar surface area (TPSA) is 36.4 Å². The molecule has 0 unspecified atom stereocenters. The fourth-order valence-corrected chi connectivity index (χ4v) is 2.67. The van der Waals surface area contributed by atoms with Crippen molar-refractivity contribution in [2.24, 2.45) is 5.92 Å². The number of aromatic nitrogens is 1. The minimum atomic E-state index is -0.403. The highest BCUT2D eigenvalue weighted by molar-refractivity contribution is 6.31. The van der Waals surface area contributed by atoms with Crippen molar-refractivity contribution >= 4 is 11.6 Å². The third kappa shape index (κ3) is 1.83. The third-order valence-corrected chi connectivity index (χ3v) is 3.92. The Balaban J connectivity index is 1.60. The highest BCUT2D eigenvalue weighted by atomic mass is 35.5. The van der Waals surface area contributed by atoms with Gasteiger partial charge in [-0.3, -0.25) is 9.88 Å². The van der Waals surface area contributed by atoms with E-state index in [2.05, 4.69) is 9.88 Å². The minimum absolute atomic E-state index is 0.403. The molecule has 2 fully saturated rings. The van der Waals surface area contributed by atoms with Gasteiger partial charge in [-0.2, -0.15) is 0 Å². The number of halogens is 1. The molecule has 1 saturated carbocycles. The van der Waals surface area contributed by atoms with E-state index in [9.17, 15) is 5.11 Å². The highest BCUT2D eigenvalue weighted by Gasteiger charge is 2.51. The van der Waals surface area contributed by atoms with E-state index in [1.54, 1.807) is 12.4 Å². The number of pyridine rings is 1. The van der Waals surface area contributed by atoms with Gasteiger partial charge in [0, 0.05) is 32.0 Å². The number of aliphatic hydroxyl groups is 1. The van der Waals surface area contributed by atoms with Gasteiger partial charge in [0.1, 0.15) is 0 Å². The van der Waals surface area contributed by atoms with Crippen LogP contribution in [0.4, 0.5) is 0 Å². The molecule has 0 radical (unpaired) electrons. The molecule has 1 aromatic heterocycles. The summed E-state index contributed by atoms with van der Waals surface area (Å²) < 4.78 is 0. The number of nitrogens with zero attached hydrogens (tertiary/aromatic N) is 2. The molecule has 0 aromatic carbocycles. The van der Waals surface area contributed by atoms with Crippen LogP contribution in [0.3, 0.4) is 0 Å². The van der Waals surface area contributed by atoms with Gasteiger partial charge in [-0.25, -0.2) is 0 Å². The summed E-state index contributed by atoms with van der Waals surface area (Å²) in [6.07, 6.45) is 5.82. The van der Waals surface area contributed by atoms with Gasteiger partial charge in [0.05, 0.1) is 10.6 Å². The molecule has 0 spiro atoms. The largest absolute Gasteiger partial charge is 0.387 e. The summed E-state index contributed by atoms with van der Waals surface area (Å²) in [6, 6.07) is 1.94. The normalized spacial score (nSPS) is 24.1. The minimum Gasteiger partial charge on any atom is -0.387 e. The van der Waals surface area contributed by atoms with Gasteiger partial charge in [-0.05, 0) is 30.4 Å². The zero-order valence-electron chi connectivity index (χ0n) is 9.06. The molecule has 1 saturated heterocycles. The quantitative estimate of drug-likeness (QED) is 0.871. The predicted octanol–water partition coefficient (Wildman–Crippen LogP) is 1.69. The number of likely N-dealkylation sites (tertiary alicyclic amines) is 1. The Labute approximate surface area is 100 Å². The summed E-state index contributed by atoms with van der Waals surface area (Å²) in [5, 5.41) is 10.9. The average Bonchev–Trinajstić information content (AvgIpc) is 3.02. The van der Waals surface area contributed by atoms with Crippen molar-refractivity contribution in [1.29, 1.82) is 0 Å². The van der Waals surface area contributed by atoms with E-state index in [1.165, 1.54) is 12.8 Å². The monoisotopic (exact) mass is 238 g/mol. The number of β-amino-alcohol motifs (C(OH)–C–C–N with tert-alkyl or cyclic N) is 1. The first-order valence-corrected chi connectivity index (χ1v) is 6.08. The molecule has 0 bridgehead atoms. The van der Waals surface area contributed by atoms with Gasteiger partial charge in [-0.1, -0.05) is 11.6 Å². The molecule has 1 aliphatic carbocycles. The summed E-state index contributed by atoms with van der Waals surface area (Å²) in [5.74, 6) is 0.552. The summed E-state index contributed by atoms with van der Waals surface area (Å²) >= 11 is 6.04. The smallest absolute Gasteiger partial charge is 0.0928 e. The molecule has 86 valence electrons. The van der Waals surface area contributed by atoms with Crippen molar-refractivity contribution in [2.75, 3.05) is 13.1 Å². The van der Waals surface area contributed by atoms with Crippen molar-refractivity contribution in [3.63, 3.8) is 0 Å². The second-order valence-electron chi connectivity index (χ2n) is 4.99. The lowest BCUT2D eigenvalue weighted by atomic mass is 9.88. The molecule has 2 heterocycles. The summed E-state index contributed by atoms with van der Waals surface area (Å²) in [7, 11) is 0. The predicted molar refractivity (Wildman–Crippen MR) is 62.2 cm³/mol. The molecule has 0 amide bonds. The fourth-order valence-electron chi connectivity index (χ4n) is 2.49. The van der Waals surface area contributed by atoms with Crippen LogP contribution in [0.2, 0.25) is 5.02 Å². The van der Waals surface area contributed by atoms with E-state index in [0.717, 1.165) is 25.2 Å². The standard InChI is InChI=1S/C12H15ClN2O/c13-11-5-14-4-3-9(11)6-15-7-12(16,8-15)10-1-2-10/h3-5,10,16H,1-2,6-8H2. The lowest BCUT2D eigenvalue weighted by molar-refractivity contribution is -0.116. The van der Waals surface area contributed by atoms with Crippen LogP contribution in [0, 0.1) is 5.92 Å². The van der Waals surface area contributed by atoms with Crippen LogP contribution in [0.5, 0.6) is 0 Å². The van der Waals surface area contributed by atoms with Crippen LogP contribution in [0.1, 0.15) is 18.4 Å². The molecular weight excluding hydrogens is 224 g/mol. The Kier molecular flexibility index (Phi) is 2.42. The van der Waals surface area contributed by atoms with E-state index in [1.807, 2.05) is 6.07 Å². The van der Waals surface area contributed by atoms with Crippen LogP contribution in [-0.4, -0.2) is 33.7 Å². The third-order valence-electron chi connectivity index (χ3n) is 3.58. The van der Waals surface area contributed by atoms with Gasteiger partial charge in [0.15, 0.2) is 0 Å². The van der Waals surface area contributed by atoms with Gasteiger partial charge in [0.25, 0.3) is 0 Å². The number of hydrogen-bond donors (Lipinski definition) is 1. The SMILES string of the molecule is OC1(C2CC2)CN(Cc2ccncc2Cl)C1. The highest BCUT2D eigenvalue weighted by Crippen LogP contribution is 2.44. The van der Waals surface area contributed by atoms with Gasteiger partial charge in [0.2, 0.25) is 0 Å². The Morgan fingerprint density at radius 3 is 2.88 bits per heavy atom. The molecular formula is C12H15ClN2O. The van der Waals surface area contributed by atoms with Crippen LogP contribution >= 0.6 is 11.6 Å². The molecule has 3 nitrogen and oxygen atoms in total. The molecule has 1 aliphatic heterocycles. The first-order valence-electron chi connectivity index (χ1n) is 5.70. The molecule has 4 heteroatoms. The Morgan fingerprint density at radius 2 is 2.25 bits per heavy atom. The fraction of sp³-hybridized carbons (Fsp3) is 0.583. The van der Waals surface area contributed by atoms with Crippen LogP contribution in [0.25, 0.3) is 0 Å². The van der Waals surface area contributed by atoms with Crippen molar-refractivity contribution < 1.29 is 5.11 Å². The number of rotatable bonds is 3. The second kappa shape index (κ2) is 3.69. The van der Waals surface area contributed by atoms with E-state index in [0.29, 0.717) is 10.9 Å². The molecule has 16 heavy (non-hydrogen) atoms. The number of hydrogen-bond acceptors (Lipinski definition) is 3. The lowest BCUT2D eigenvalue weighted by Gasteiger charge is -2.47. The molecule has 1 N–H and O–H groups in total. The molecule has 0 atom stereocenters. The molecule has 1 aromatic rings. The maximum Gasteiger partial charge on any atom is 0.0928 e. The van der Waals surface area contributed by atoms with Gasteiger partial charge < -0.3 is 5.11 Å². The molecule has 2 aliphatic rings. The molecule has 3 rings (SSSR count).